The molecule has 1 fully saturated rings. The van der Waals surface area contributed by atoms with Crippen molar-refractivity contribution in [2.45, 2.75) is 49.6 Å². The quantitative estimate of drug-likeness (QED) is 0.902. The van der Waals surface area contributed by atoms with E-state index in [0.29, 0.717) is 11.5 Å². The maximum Gasteiger partial charge on any atom is 0.240 e. The maximum absolute atomic E-state index is 12.3. The Kier molecular flexibility index (Phi) is 4.96. The molecule has 0 aliphatic heterocycles. The highest BCUT2D eigenvalue weighted by atomic mass is 32.2. The van der Waals surface area contributed by atoms with Gasteiger partial charge in [0.2, 0.25) is 10.0 Å². The van der Waals surface area contributed by atoms with Crippen LogP contribution in [-0.4, -0.2) is 27.2 Å². The first-order valence-electron chi connectivity index (χ1n) is 6.82. The Labute approximate surface area is 115 Å². The molecule has 1 aromatic carbocycles. The van der Waals surface area contributed by atoms with E-state index in [0.717, 1.165) is 25.7 Å². The van der Waals surface area contributed by atoms with Crippen LogP contribution >= 0.6 is 0 Å². The number of hydrogen-bond donors (Lipinski definition) is 1. The molecule has 0 spiro atoms. The van der Waals surface area contributed by atoms with Gasteiger partial charge in [-0.2, -0.15) is 0 Å². The second-order valence-electron chi connectivity index (χ2n) is 4.82. The van der Waals surface area contributed by atoms with Crippen LogP contribution in [0.1, 0.15) is 32.6 Å². The van der Waals surface area contributed by atoms with Crippen molar-refractivity contribution in [3.63, 3.8) is 0 Å². The molecule has 0 bridgehead atoms. The van der Waals surface area contributed by atoms with Gasteiger partial charge in [-0.15, -0.1) is 0 Å². The lowest BCUT2D eigenvalue weighted by Gasteiger charge is -2.31. The lowest BCUT2D eigenvalue weighted by molar-refractivity contribution is 0.0184. The van der Waals surface area contributed by atoms with Crippen LogP contribution in [0.3, 0.4) is 0 Å². The van der Waals surface area contributed by atoms with Gasteiger partial charge in [0, 0.05) is 12.6 Å². The molecule has 2 rings (SSSR count). The van der Waals surface area contributed by atoms with E-state index >= 15 is 0 Å². The van der Waals surface area contributed by atoms with Gasteiger partial charge < -0.3 is 4.74 Å². The third-order valence-corrected chi connectivity index (χ3v) is 4.95. The van der Waals surface area contributed by atoms with Gasteiger partial charge in [-0.1, -0.05) is 31.0 Å². The zero-order chi connectivity index (χ0) is 13.7. The van der Waals surface area contributed by atoms with E-state index in [-0.39, 0.29) is 12.1 Å². The predicted molar refractivity (Wildman–Crippen MR) is 74.4 cm³/mol. The summed E-state index contributed by atoms with van der Waals surface area (Å²) in [7, 11) is -3.44. The fourth-order valence-electron chi connectivity index (χ4n) is 2.51. The minimum absolute atomic E-state index is 0.00256. The van der Waals surface area contributed by atoms with Crippen LogP contribution in [0, 0.1) is 0 Å². The molecule has 1 N–H and O–H groups in total. The summed E-state index contributed by atoms with van der Waals surface area (Å²) in [6.45, 7) is 2.56. The predicted octanol–water partition coefficient (Wildman–Crippen LogP) is 2.31. The highest BCUT2D eigenvalue weighted by Crippen LogP contribution is 2.23. The molecule has 2 atom stereocenters. The van der Waals surface area contributed by atoms with Crippen molar-refractivity contribution in [2.24, 2.45) is 0 Å². The van der Waals surface area contributed by atoms with E-state index < -0.39 is 10.0 Å². The highest BCUT2D eigenvalue weighted by molar-refractivity contribution is 7.89. The molecule has 0 saturated heterocycles. The Morgan fingerprint density at radius 3 is 2.58 bits per heavy atom. The van der Waals surface area contributed by atoms with Crippen molar-refractivity contribution < 1.29 is 13.2 Å². The van der Waals surface area contributed by atoms with Crippen LogP contribution in [0.15, 0.2) is 35.2 Å². The molecule has 1 aliphatic carbocycles. The Morgan fingerprint density at radius 2 is 1.89 bits per heavy atom. The van der Waals surface area contributed by atoms with Gasteiger partial charge in [0.05, 0.1) is 11.0 Å². The summed E-state index contributed by atoms with van der Waals surface area (Å²) in [6.07, 6.45) is 3.92. The summed E-state index contributed by atoms with van der Waals surface area (Å²) in [5.74, 6) is 0. The monoisotopic (exact) mass is 283 g/mol. The smallest absolute Gasteiger partial charge is 0.240 e. The van der Waals surface area contributed by atoms with Crippen molar-refractivity contribution in [3.8, 4) is 0 Å². The number of sulfonamides is 1. The van der Waals surface area contributed by atoms with Crippen molar-refractivity contribution in [2.75, 3.05) is 6.61 Å². The van der Waals surface area contributed by atoms with Gasteiger partial charge in [-0.25, -0.2) is 13.1 Å². The summed E-state index contributed by atoms with van der Waals surface area (Å²) in [6, 6.07) is 8.38. The van der Waals surface area contributed by atoms with Crippen LogP contribution < -0.4 is 4.72 Å². The van der Waals surface area contributed by atoms with Gasteiger partial charge in [-0.3, -0.25) is 0 Å². The van der Waals surface area contributed by atoms with E-state index in [1.807, 2.05) is 13.0 Å². The number of hydrogen-bond acceptors (Lipinski definition) is 3. The van der Waals surface area contributed by atoms with Crippen LogP contribution in [0.5, 0.6) is 0 Å². The summed E-state index contributed by atoms with van der Waals surface area (Å²) in [5, 5.41) is 0. The molecule has 106 valence electrons. The number of benzene rings is 1. The minimum Gasteiger partial charge on any atom is -0.377 e. The lowest BCUT2D eigenvalue weighted by atomic mass is 9.93. The Balaban J connectivity index is 2.10. The third-order valence-electron chi connectivity index (χ3n) is 3.44. The van der Waals surface area contributed by atoms with Crippen LogP contribution in [0.2, 0.25) is 0 Å². The van der Waals surface area contributed by atoms with Crippen LogP contribution in [-0.2, 0) is 14.8 Å². The molecule has 5 heteroatoms. The summed E-state index contributed by atoms with van der Waals surface area (Å²) in [5.41, 5.74) is 0. The number of nitrogens with one attached hydrogen (secondary N) is 1. The van der Waals surface area contributed by atoms with Gasteiger partial charge in [0.1, 0.15) is 0 Å². The van der Waals surface area contributed by atoms with E-state index in [2.05, 4.69) is 4.72 Å². The molecule has 0 amide bonds. The molecule has 1 aliphatic rings. The van der Waals surface area contributed by atoms with E-state index in [9.17, 15) is 8.42 Å². The van der Waals surface area contributed by atoms with Gasteiger partial charge in [-0.05, 0) is 31.9 Å². The maximum atomic E-state index is 12.3. The first-order valence-corrected chi connectivity index (χ1v) is 8.31. The SMILES string of the molecule is CCO[C@H]1CCCC[C@H]1NS(=O)(=O)c1ccccc1. The highest BCUT2D eigenvalue weighted by Gasteiger charge is 2.29. The summed E-state index contributed by atoms with van der Waals surface area (Å²) in [4.78, 5) is 0.316. The molecule has 0 aromatic heterocycles. The summed E-state index contributed by atoms with van der Waals surface area (Å²) >= 11 is 0. The Hall–Kier alpha value is -0.910. The lowest BCUT2D eigenvalue weighted by Crippen LogP contribution is -2.46. The molecule has 19 heavy (non-hydrogen) atoms. The molecule has 0 unspecified atom stereocenters. The molecule has 0 radical (unpaired) electrons. The molecule has 0 heterocycles. The van der Waals surface area contributed by atoms with E-state index in [1.165, 1.54) is 0 Å². The largest absolute Gasteiger partial charge is 0.377 e. The van der Waals surface area contributed by atoms with Gasteiger partial charge >= 0.3 is 0 Å². The molecule has 1 aromatic rings. The third kappa shape index (κ3) is 3.78. The van der Waals surface area contributed by atoms with E-state index in [1.54, 1.807) is 24.3 Å². The fraction of sp³-hybridized carbons (Fsp3) is 0.571. The molecule has 1 saturated carbocycles. The second kappa shape index (κ2) is 6.50. The molecular weight excluding hydrogens is 262 g/mol. The fourth-order valence-corrected chi connectivity index (χ4v) is 3.83. The van der Waals surface area contributed by atoms with Crippen molar-refractivity contribution >= 4 is 10.0 Å². The minimum atomic E-state index is -3.44. The Bertz CT molecular complexity index is 485. The van der Waals surface area contributed by atoms with Gasteiger partial charge in [0.25, 0.3) is 0 Å². The number of rotatable bonds is 5. The van der Waals surface area contributed by atoms with Crippen molar-refractivity contribution in [1.82, 2.24) is 4.72 Å². The van der Waals surface area contributed by atoms with Gasteiger partial charge in [0.15, 0.2) is 0 Å². The second-order valence-corrected chi connectivity index (χ2v) is 6.53. The standard InChI is InChI=1S/C14H21NO3S/c1-2-18-14-11-7-6-10-13(14)15-19(16,17)12-8-4-3-5-9-12/h3-5,8-9,13-15H,2,6-7,10-11H2,1H3/t13-,14+/m1/s1. The first-order chi connectivity index (χ1) is 9.13. The Morgan fingerprint density at radius 1 is 1.21 bits per heavy atom. The van der Waals surface area contributed by atoms with Crippen LogP contribution in [0.4, 0.5) is 0 Å². The number of ether oxygens (including phenoxy) is 1. The molecular formula is C14H21NO3S. The van der Waals surface area contributed by atoms with E-state index in [4.69, 9.17) is 4.74 Å². The normalized spacial score (nSPS) is 24.3. The zero-order valence-corrected chi connectivity index (χ0v) is 12.0. The molecule has 4 nitrogen and oxygen atoms in total. The van der Waals surface area contributed by atoms with Crippen molar-refractivity contribution in [3.05, 3.63) is 30.3 Å². The zero-order valence-electron chi connectivity index (χ0n) is 11.2. The average molecular weight is 283 g/mol. The average Bonchev–Trinajstić information content (AvgIpc) is 2.42. The topological polar surface area (TPSA) is 55.4 Å². The van der Waals surface area contributed by atoms with Crippen molar-refractivity contribution in [1.29, 1.82) is 0 Å². The van der Waals surface area contributed by atoms with Crippen LogP contribution in [0.25, 0.3) is 0 Å². The first kappa shape index (κ1) is 14.5. The summed E-state index contributed by atoms with van der Waals surface area (Å²) < 4.78 is 33.0.